The maximum Gasteiger partial charge on any atom is 0.248 e. The Morgan fingerprint density at radius 3 is 2.85 bits per heavy atom. The maximum absolute atomic E-state index is 12.3. The Balaban J connectivity index is 1.53. The topological polar surface area (TPSA) is 74.3 Å². The van der Waals surface area contributed by atoms with Crippen LogP contribution in [-0.4, -0.2) is 41.3 Å². The van der Waals surface area contributed by atoms with Crippen molar-refractivity contribution in [3.05, 3.63) is 52.5 Å². The van der Waals surface area contributed by atoms with Crippen LogP contribution in [0.1, 0.15) is 23.1 Å². The van der Waals surface area contributed by atoms with Gasteiger partial charge in [-0.05, 0) is 25.6 Å². The number of hydrogen-bond acceptors (Lipinski definition) is 5. The minimum absolute atomic E-state index is 0.272. The van der Waals surface area contributed by atoms with Gasteiger partial charge in [-0.15, -0.1) is 11.3 Å². The molecule has 136 valence electrons. The second-order valence-electron chi connectivity index (χ2n) is 6.34. The zero-order valence-corrected chi connectivity index (χ0v) is 15.7. The SMILES string of the molecule is CC(NC(=O)/C=C/c1ccccc1)C(=O)Nc1nc2c(s1)CN(C)CC2. The van der Waals surface area contributed by atoms with Crippen LogP contribution in [0.15, 0.2) is 36.4 Å². The van der Waals surface area contributed by atoms with E-state index in [0.717, 1.165) is 30.8 Å². The van der Waals surface area contributed by atoms with Gasteiger partial charge in [-0.25, -0.2) is 4.98 Å². The summed E-state index contributed by atoms with van der Waals surface area (Å²) in [6.07, 6.45) is 4.04. The molecule has 1 unspecified atom stereocenters. The van der Waals surface area contributed by atoms with Crippen LogP contribution in [0.3, 0.4) is 0 Å². The van der Waals surface area contributed by atoms with Crippen LogP contribution < -0.4 is 10.6 Å². The number of aromatic nitrogens is 1. The lowest BCUT2D eigenvalue weighted by Gasteiger charge is -2.20. The van der Waals surface area contributed by atoms with Crippen molar-refractivity contribution in [3.8, 4) is 0 Å². The van der Waals surface area contributed by atoms with Crippen LogP contribution >= 0.6 is 11.3 Å². The third-order valence-electron chi connectivity index (χ3n) is 4.13. The standard InChI is InChI=1S/C19H22N4O2S/c1-13(20-17(24)9-8-14-6-4-3-5-7-14)18(25)22-19-21-15-10-11-23(2)12-16(15)26-19/h3-9,13H,10-12H2,1-2H3,(H,20,24)(H,21,22,25)/b9-8+. The minimum Gasteiger partial charge on any atom is -0.341 e. The molecule has 26 heavy (non-hydrogen) atoms. The van der Waals surface area contributed by atoms with E-state index < -0.39 is 6.04 Å². The van der Waals surface area contributed by atoms with E-state index in [1.807, 2.05) is 30.3 Å². The average Bonchev–Trinajstić information content (AvgIpc) is 3.02. The van der Waals surface area contributed by atoms with Crippen LogP contribution in [0.2, 0.25) is 0 Å². The minimum atomic E-state index is -0.647. The van der Waals surface area contributed by atoms with E-state index in [-0.39, 0.29) is 11.8 Å². The Morgan fingerprint density at radius 2 is 2.08 bits per heavy atom. The van der Waals surface area contributed by atoms with Crippen LogP contribution in [-0.2, 0) is 22.6 Å². The smallest absolute Gasteiger partial charge is 0.248 e. The lowest BCUT2D eigenvalue weighted by atomic mass is 10.2. The lowest BCUT2D eigenvalue weighted by molar-refractivity contribution is -0.123. The number of nitrogens with one attached hydrogen (secondary N) is 2. The van der Waals surface area contributed by atoms with Gasteiger partial charge >= 0.3 is 0 Å². The number of nitrogens with zero attached hydrogens (tertiary/aromatic N) is 2. The van der Waals surface area contributed by atoms with Crippen molar-refractivity contribution in [2.45, 2.75) is 25.9 Å². The summed E-state index contributed by atoms with van der Waals surface area (Å²) in [6, 6.07) is 8.88. The van der Waals surface area contributed by atoms with E-state index in [4.69, 9.17) is 0 Å². The molecule has 2 heterocycles. The van der Waals surface area contributed by atoms with Crippen molar-refractivity contribution in [1.82, 2.24) is 15.2 Å². The summed E-state index contributed by atoms with van der Waals surface area (Å²) in [7, 11) is 2.07. The molecule has 0 aliphatic carbocycles. The Hall–Kier alpha value is -2.51. The fraction of sp³-hybridized carbons (Fsp3) is 0.316. The number of rotatable bonds is 5. The van der Waals surface area contributed by atoms with Gasteiger partial charge in [-0.2, -0.15) is 0 Å². The van der Waals surface area contributed by atoms with E-state index in [0.29, 0.717) is 5.13 Å². The first-order chi connectivity index (χ1) is 12.5. The van der Waals surface area contributed by atoms with Gasteiger partial charge in [0.1, 0.15) is 6.04 Å². The normalized spacial score (nSPS) is 15.5. The van der Waals surface area contributed by atoms with E-state index in [2.05, 4.69) is 27.6 Å². The lowest BCUT2D eigenvalue weighted by Crippen LogP contribution is -2.40. The average molecular weight is 370 g/mol. The molecule has 2 amide bonds. The molecule has 0 bridgehead atoms. The van der Waals surface area contributed by atoms with Crippen molar-refractivity contribution in [2.75, 3.05) is 18.9 Å². The van der Waals surface area contributed by atoms with Gasteiger partial charge in [0.05, 0.1) is 5.69 Å². The van der Waals surface area contributed by atoms with Crippen molar-refractivity contribution >= 4 is 34.4 Å². The van der Waals surface area contributed by atoms with E-state index >= 15 is 0 Å². The molecule has 2 aromatic rings. The summed E-state index contributed by atoms with van der Waals surface area (Å²) in [5, 5.41) is 6.07. The van der Waals surface area contributed by atoms with Crippen molar-refractivity contribution < 1.29 is 9.59 Å². The summed E-state index contributed by atoms with van der Waals surface area (Å²) in [5.41, 5.74) is 1.99. The fourth-order valence-corrected chi connectivity index (χ4v) is 3.74. The summed E-state index contributed by atoms with van der Waals surface area (Å²) < 4.78 is 0. The molecule has 2 N–H and O–H groups in total. The molecule has 0 saturated heterocycles. The fourth-order valence-electron chi connectivity index (χ4n) is 2.65. The third kappa shape index (κ3) is 4.77. The number of carbonyl (C=O) groups excluding carboxylic acids is 2. The zero-order valence-electron chi connectivity index (χ0n) is 14.9. The first-order valence-electron chi connectivity index (χ1n) is 8.53. The second kappa shape index (κ2) is 8.25. The summed E-state index contributed by atoms with van der Waals surface area (Å²) in [4.78, 5) is 32.2. The quantitative estimate of drug-likeness (QED) is 0.792. The van der Waals surface area contributed by atoms with E-state index in [9.17, 15) is 9.59 Å². The Kier molecular flexibility index (Phi) is 5.80. The molecular formula is C19H22N4O2S. The highest BCUT2D eigenvalue weighted by molar-refractivity contribution is 7.15. The molecule has 1 aliphatic rings. The van der Waals surface area contributed by atoms with Crippen LogP contribution in [0.5, 0.6) is 0 Å². The maximum atomic E-state index is 12.3. The Morgan fingerprint density at radius 1 is 1.31 bits per heavy atom. The molecule has 1 aromatic carbocycles. The molecular weight excluding hydrogens is 348 g/mol. The molecule has 1 atom stereocenters. The number of hydrogen-bond donors (Lipinski definition) is 2. The zero-order chi connectivity index (χ0) is 18.5. The second-order valence-corrected chi connectivity index (χ2v) is 7.42. The predicted molar refractivity (Wildman–Crippen MR) is 104 cm³/mol. The molecule has 0 radical (unpaired) electrons. The van der Waals surface area contributed by atoms with Gasteiger partial charge in [-0.1, -0.05) is 30.3 Å². The van der Waals surface area contributed by atoms with Crippen LogP contribution in [0.4, 0.5) is 5.13 Å². The van der Waals surface area contributed by atoms with Crippen LogP contribution in [0.25, 0.3) is 6.08 Å². The largest absolute Gasteiger partial charge is 0.341 e. The van der Waals surface area contributed by atoms with Crippen molar-refractivity contribution in [1.29, 1.82) is 0 Å². The van der Waals surface area contributed by atoms with Gasteiger partial charge in [-0.3, -0.25) is 9.59 Å². The number of likely N-dealkylation sites (N-methyl/N-ethyl adjacent to an activating group) is 1. The van der Waals surface area contributed by atoms with Gasteiger partial charge in [0.25, 0.3) is 0 Å². The summed E-state index contributed by atoms with van der Waals surface area (Å²) in [5.74, 6) is -0.581. The molecule has 7 heteroatoms. The highest BCUT2D eigenvalue weighted by Gasteiger charge is 2.21. The molecule has 0 fully saturated rings. The predicted octanol–water partition coefficient (Wildman–Crippen LogP) is 2.29. The first-order valence-corrected chi connectivity index (χ1v) is 9.34. The number of fused-ring (bicyclic) bond motifs is 1. The van der Waals surface area contributed by atoms with E-state index in [1.165, 1.54) is 22.3 Å². The van der Waals surface area contributed by atoms with Crippen molar-refractivity contribution in [2.24, 2.45) is 0 Å². The first kappa shape index (κ1) is 18.3. The van der Waals surface area contributed by atoms with Gasteiger partial charge < -0.3 is 15.5 Å². The van der Waals surface area contributed by atoms with Gasteiger partial charge in [0, 0.05) is 30.5 Å². The third-order valence-corrected chi connectivity index (χ3v) is 5.13. The molecule has 1 aliphatic heterocycles. The highest BCUT2D eigenvalue weighted by Crippen LogP contribution is 2.27. The molecule has 3 rings (SSSR count). The van der Waals surface area contributed by atoms with E-state index in [1.54, 1.807) is 13.0 Å². The number of thiazole rings is 1. The molecule has 0 saturated carbocycles. The Labute approximate surface area is 156 Å². The highest BCUT2D eigenvalue weighted by atomic mass is 32.1. The van der Waals surface area contributed by atoms with Gasteiger partial charge in [0.2, 0.25) is 11.8 Å². The Bertz CT molecular complexity index is 816. The van der Waals surface area contributed by atoms with Crippen molar-refractivity contribution in [3.63, 3.8) is 0 Å². The molecule has 6 nitrogen and oxygen atoms in total. The summed E-state index contributed by atoms with van der Waals surface area (Å²) in [6.45, 7) is 3.49. The summed E-state index contributed by atoms with van der Waals surface area (Å²) >= 11 is 1.50. The van der Waals surface area contributed by atoms with Gasteiger partial charge in [0.15, 0.2) is 5.13 Å². The number of amides is 2. The number of anilines is 1. The molecule has 1 aromatic heterocycles. The molecule has 0 spiro atoms. The van der Waals surface area contributed by atoms with Crippen LogP contribution in [0, 0.1) is 0 Å². The number of carbonyl (C=O) groups is 2. The monoisotopic (exact) mass is 370 g/mol. The number of benzene rings is 1.